The van der Waals surface area contributed by atoms with Crippen LogP contribution in [0.25, 0.3) is 0 Å². The van der Waals surface area contributed by atoms with Crippen molar-refractivity contribution in [2.75, 3.05) is 80.0 Å². The summed E-state index contributed by atoms with van der Waals surface area (Å²) in [6.45, 7) is 12.0. The number of benzene rings is 2. The SMILES string of the molecule is CN1CCC(c2ccc(Nc3ncc4c(n3)N(c3cccc(N)c3)CC4(C)COC(C)(C)C)cn2)CC1.CS(C)=O.CS(C)=O.Nc1ccccc1. The second-order valence-corrected chi connectivity index (χ2v) is 17.6. The van der Waals surface area contributed by atoms with E-state index in [1.165, 1.54) is 0 Å². The molecule has 2 aromatic carbocycles. The van der Waals surface area contributed by atoms with E-state index in [0.29, 0.717) is 18.5 Å². The molecule has 284 valence electrons. The number of likely N-dealkylation sites (tertiary alicyclic amines) is 1. The van der Waals surface area contributed by atoms with Crippen molar-refractivity contribution in [3.63, 3.8) is 0 Å². The van der Waals surface area contributed by atoms with Gasteiger partial charge in [-0.05, 0) is 96.2 Å². The van der Waals surface area contributed by atoms with Crippen LogP contribution in [0.3, 0.4) is 0 Å². The number of hydrogen-bond donors (Lipinski definition) is 3. The first-order chi connectivity index (χ1) is 24.5. The van der Waals surface area contributed by atoms with Crippen LogP contribution in [0.5, 0.6) is 0 Å². The lowest BCUT2D eigenvalue weighted by Crippen LogP contribution is -2.36. The van der Waals surface area contributed by atoms with Crippen molar-refractivity contribution in [3.05, 3.63) is 90.4 Å². The van der Waals surface area contributed by atoms with Gasteiger partial charge in [-0.2, -0.15) is 4.98 Å². The molecule has 0 saturated carbocycles. The average Bonchev–Trinajstić information content (AvgIpc) is 3.36. The molecular weight excluding hydrogens is 693 g/mol. The molecule has 0 radical (unpaired) electrons. The fraction of sp³-hybridized carbons (Fsp3) is 0.462. The highest BCUT2D eigenvalue weighted by Gasteiger charge is 2.42. The van der Waals surface area contributed by atoms with Gasteiger partial charge in [0, 0.05) is 99.0 Å². The summed E-state index contributed by atoms with van der Waals surface area (Å²) in [5, 5.41) is 3.36. The second kappa shape index (κ2) is 19.8. The van der Waals surface area contributed by atoms with Gasteiger partial charge >= 0.3 is 0 Å². The number of rotatable bonds is 6. The van der Waals surface area contributed by atoms with Crippen LogP contribution in [0.1, 0.15) is 57.7 Å². The molecule has 4 aromatic rings. The molecule has 2 aliphatic heterocycles. The number of ether oxygens (including phenoxy) is 1. The van der Waals surface area contributed by atoms with Gasteiger partial charge in [-0.3, -0.25) is 13.4 Å². The lowest BCUT2D eigenvalue weighted by Gasteiger charge is -2.30. The minimum atomic E-state index is -0.611. The van der Waals surface area contributed by atoms with Crippen molar-refractivity contribution in [1.29, 1.82) is 0 Å². The minimum absolute atomic E-state index is 0.233. The summed E-state index contributed by atoms with van der Waals surface area (Å²) in [4.78, 5) is 19.0. The van der Waals surface area contributed by atoms with Crippen LogP contribution in [-0.2, 0) is 31.8 Å². The van der Waals surface area contributed by atoms with Gasteiger partial charge in [0.15, 0.2) is 0 Å². The van der Waals surface area contributed by atoms with E-state index in [9.17, 15) is 8.42 Å². The number of nitrogen functional groups attached to an aromatic ring is 2. The topological polar surface area (TPSA) is 153 Å². The molecule has 0 amide bonds. The molecule has 52 heavy (non-hydrogen) atoms. The first kappa shape index (κ1) is 42.5. The van der Waals surface area contributed by atoms with E-state index < -0.39 is 21.6 Å². The highest BCUT2D eigenvalue weighted by atomic mass is 32.2. The number of hydrogen-bond acceptors (Lipinski definition) is 11. The van der Waals surface area contributed by atoms with E-state index in [0.717, 1.165) is 72.3 Å². The number of nitrogens with two attached hydrogens (primary N) is 2. The number of anilines is 6. The lowest BCUT2D eigenvalue weighted by molar-refractivity contribution is -0.0252. The van der Waals surface area contributed by atoms with E-state index in [1.54, 1.807) is 25.0 Å². The molecule has 0 bridgehead atoms. The predicted octanol–water partition coefficient (Wildman–Crippen LogP) is 6.49. The molecule has 4 heterocycles. The Morgan fingerprint density at radius 1 is 0.885 bits per heavy atom. The number of nitrogens with one attached hydrogen (secondary N) is 1. The van der Waals surface area contributed by atoms with E-state index in [-0.39, 0.29) is 11.0 Å². The molecule has 2 aliphatic rings. The summed E-state index contributed by atoms with van der Waals surface area (Å²) in [5.74, 6) is 1.95. The van der Waals surface area contributed by atoms with Crippen LogP contribution in [-0.4, -0.2) is 92.2 Å². The third kappa shape index (κ3) is 14.3. The van der Waals surface area contributed by atoms with Gasteiger partial charge in [0.05, 0.1) is 24.1 Å². The van der Waals surface area contributed by atoms with Crippen molar-refractivity contribution in [2.24, 2.45) is 0 Å². The normalized spacial score (nSPS) is 17.2. The van der Waals surface area contributed by atoms with Crippen molar-refractivity contribution in [2.45, 2.75) is 57.5 Å². The Morgan fingerprint density at radius 2 is 1.50 bits per heavy atom. The van der Waals surface area contributed by atoms with Crippen molar-refractivity contribution in [1.82, 2.24) is 19.9 Å². The molecule has 2 aromatic heterocycles. The van der Waals surface area contributed by atoms with Gasteiger partial charge in [-0.15, -0.1) is 0 Å². The Labute approximate surface area is 315 Å². The summed E-state index contributed by atoms with van der Waals surface area (Å²) in [6.07, 6.45) is 12.7. The molecule has 1 unspecified atom stereocenters. The monoisotopic (exact) mass is 750 g/mol. The zero-order valence-corrected chi connectivity index (χ0v) is 33.9. The molecule has 1 fully saturated rings. The molecule has 1 atom stereocenters. The van der Waals surface area contributed by atoms with Crippen molar-refractivity contribution >= 4 is 56.1 Å². The van der Waals surface area contributed by atoms with Crippen molar-refractivity contribution in [3.8, 4) is 0 Å². The molecule has 1 saturated heterocycles. The maximum absolute atomic E-state index is 9.56. The molecule has 0 aliphatic carbocycles. The highest BCUT2D eigenvalue weighted by molar-refractivity contribution is 7.83. The number of fused-ring (bicyclic) bond motifs is 1. The molecule has 13 heteroatoms. The fourth-order valence-corrected chi connectivity index (χ4v) is 5.59. The van der Waals surface area contributed by atoms with E-state index in [4.69, 9.17) is 26.2 Å². The van der Waals surface area contributed by atoms with Gasteiger partial charge in [0.2, 0.25) is 5.95 Å². The van der Waals surface area contributed by atoms with Crippen LogP contribution >= 0.6 is 0 Å². The molecule has 11 nitrogen and oxygen atoms in total. The van der Waals surface area contributed by atoms with Crippen LogP contribution in [0.15, 0.2) is 79.1 Å². The maximum Gasteiger partial charge on any atom is 0.229 e. The van der Waals surface area contributed by atoms with E-state index in [2.05, 4.69) is 73.0 Å². The summed E-state index contributed by atoms with van der Waals surface area (Å²) < 4.78 is 25.4. The molecule has 5 N–H and O–H groups in total. The van der Waals surface area contributed by atoms with Crippen LogP contribution in [0.4, 0.5) is 34.5 Å². The Balaban J connectivity index is 0.000000407. The largest absolute Gasteiger partial charge is 0.399 e. The van der Waals surface area contributed by atoms with Crippen LogP contribution < -0.4 is 21.7 Å². The number of pyridine rings is 1. The van der Waals surface area contributed by atoms with Crippen molar-refractivity contribution < 1.29 is 13.2 Å². The number of piperidine rings is 1. The Hall–Kier alpha value is -3.91. The van der Waals surface area contributed by atoms with Crippen LogP contribution in [0, 0.1) is 0 Å². The smallest absolute Gasteiger partial charge is 0.229 e. The maximum atomic E-state index is 9.56. The summed E-state index contributed by atoms with van der Waals surface area (Å²) >= 11 is 0. The molecule has 0 spiro atoms. The fourth-order valence-electron chi connectivity index (χ4n) is 5.59. The van der Waals surface area contributed by atoms with Gasteiger partial charge in [-0.25, -0.2) is 4.98 Å². The third-order valence-electron chi connectivity index (χ3n) is 8.17. The predicted molar refractivity (Wildman–Crippen MR) is 221 cm³/mol. The first-order valence-electron chi connectivity index (χ1n) is 17.3. The summed E-state index contributed by atoms with van der Waals surface area (Å²) in [6, 6.07) is 21.6. The zero-order valence-electron chi connectivity index (χ0n) is 32.3. The quantitative estimate of drug-likeness (QED) is 0.186. The third-order valence-corrected chi connectivity index (χ3v) is 8.17. The van der Waals surface area contributed by atoms with Gasteiger partial charge in [0.1, 0.15) is 5.82 Å². The number of aromatic nitrogens is 3. The Kier molecular flexibility index (Phi) is 16.2. The highest BCUT2D eigenvalue weighted by Crippen LogP contribution is 2.44. The standard InChI is InChI=1S/C29H39N7O.C6H7N.2C2H6OS/c1-28(2,3)37-19-29(4)18-36(23-8-6-7-21(30)15-23)26-24(29)17-32-27(34-26)33-22-9-10-25(31-16-22)20-11-13-35(5)14-12-20;7-6-4-2-1-3-5-6;2*1-4(2)3/h6-10,15-17,20H,11-14,18-19,30H2,1-5H3,(H,32,33,34);1-5H,7H2;2*1-2H3. The second-order valence-electron chi connectivity index (χ2n) is 14.6. The average molecular weight is 751 g/mol. The van der Waals surface area contributed by atoms with Crippen LogP contribution in [0.2, 0.25) is 0 Å². The zero-order chi connectivity index (χ0) is 38.5. The Morgan fingerprint density at radius 3 is 2.02 bits per heavy atom. The van der Waals surface area contributed by atoms with E-state index >= 15 is 0 Å². The van der Waals surface area contributed by atoms with Gasteiger partial charge in [-0.1, -0.05) is 31.2 Å². The van der Waals surface area contributed by atoms with Gasteiger partial charge in [0.25, 0.3) is 0 Å². The lowest BCUT2D eigenvalue weighted by atomic mass is 9.87. The molecule has 6 rings (SSSR count). The minimum Gasteiger partial charge on any atom is -0.399 e. The van der Waals surface area contributed by atoms with Gasteiger partial charge < -0.3 is 31.3 Å². The first-order valence-corrected chi connectivity index (χ1v) is 21.3. The number of para-hydroxylation sites is 1. The Bertz CT molecular complexity index is 1710. The summed E-state index contributed by atoms with van der Waals surface area (Å²) in [7, 11) is 0.960. The number of nitrogens with zero attached hydrogens (tertiary/aromatic N) is 5. The van der Waals surface area contributed by atoms with E-state index in [1.807, 2.05) is 60.9 Å². The summed E-state index contributed by atoms with van der Waals surface area (Å²) in [5.41, 5.74) is 16.7. The molecular formula is C39H58N8O3S2.